The van der Waals surface area contributed by atoms with Gasteiger partial charge in [0.1, 0.15) is 0 Å². The lowest BCUT2D eigenvalue weighted by molar-refractivity contribution is -0.137. The SMILES string of the molecule is NC(=O)N(N)c1cccc(C(F)(F)F)c1. The minimum atomic E-state index is -4.48. The molecule has 15 heavy (non-hydrogen) atoms. The number of benzene rings is 1. The zero-order chi connectivity index (χ0) is 11.6. The zero-order valence-electron chi connectivity index (χ0n) is 7.45. The third-order valence-electron chi connectivity index (χ3n) is 1.69. The second-order valence-electron chi connectivity index (χ2n) is 2.76. The van der Waals surface area contributed by atoms with Crippen LogP contribution in [0.2, 0.25) is 0 Å². The molecule has 82 valence electrons. The van der Waals surface area contributed by atoms with Crippen LogP contribution >= 0.6 is 0 Å². The van der Waals surface area contributed by atoms with Crippen LogP contribution in [0, 0.1) is 0 Å². The minimum absolute atomic E-state index is 0.114. The number of halogens is 3. The molecule has 4 nitrogen and oxygen atoms in total. The second-order valence-corrected chi connectivity index (χ2v) is 2.76. The molecule has 0 saturated carbocycles. The monoisotopic (exact) mass is 219 g/mol. The van der Waals surface area contributed by atoms with E-state index in [1.165, 1.54) is 6.07 Å². The van der Waals surface area contributed by atoms with Crippen molar-refractivity contribution in [1.82, 2.24) is 0 Å². The third-order valence-corrected chi connectivity index (χ3v) is 1.69. The first-order valence-electron chi connectivity index (χ1n) is 3.84. The van der Waals surface area contributed by atoms with E-state index in [9.17, 15) is 18.0 Å². The number of hydrogen-bond donors (Lipinski definition) is 2. The summed E-state index contributed by atoms with van der Waals surface area (Å²) in [5.74, 6) is 5.14. The van der Waals surface area contributed by atoms with E-state index in [0.29, 0.717) is 5.01 Å². The van der Waals surface area contributed by atoms with E-state index in [1.807, 2.05) is 0 Å². The topological polar surface area (TPSA) is 72.4 Å². The number of alkyl halides is 3. The Morgan fingerprint density at radius 1 is 1.33 bits per heavy atom. The lowest BCUT2D eigenvalue weighted by Gasteiger charge is -2.15. The highest BCUT2D eigenvalue weighted by Crippen LogP contribution is 2.31. The van der Waals surface area contributed by atoms with Gasteiger partial charge in [-0.25, -0.2) is 15.6 Å². The van der Waals surface area contributed by atoms with E-state index < -0.39 is 17.8 Å². The summed E-state index contributed by atoms with van der Waals surface area (Å²) in [5.41, 5.74) is 3.80. The Balaban J connectivity index is 3.08. The van der Waals surface area contributed by atoms with Crippen molar-refractivity contribution >= 4 is 11.7 Å². The molecule has 1 aromatic rings. The Labute approximate surface area is 83.2 Å². The Morgan fingerprint density at radius 2 is 1.93 bits per heavy atom. The molecule has 0 aliphatic rings. The largest absolute Gasteiger partial charge is 0.416 e. The van der Waals surface area contributed by atoms with Gasteiger partial charge >= 0.3 is 12.2 Å². The molecule has 4 N–H and O–H groups in total. The highest BCUT2D eigenvalue weighted by atomic mass is 19.4. The highest BCUT2D eigenvalue weighted by Gasteiger charge is 2.30. The summed E-state index contributed by atoms with van der Waals surface area (Å²) in [6.07, 6.45) is -4.48. The van der Waals surface area contributed by atoms with Crippen LogP contribution in [-0.2, 0) is 6.18 Å². The predicted molar refractivity (Wildman–Crippen MR) is 47.7 cm³/mol. The molecular formula is C8H8F3N3O. The number of hydrogen-bond acceptors (Lipinski definition) is 2. The summed E-state index contributed by atoms with van der Waals surface area (Å²) in [5, 5.41) is 0.440. The van der Waals surface area contributed by atoms with E-state index in [-0.39, 0.29) is 5.69 Å². The van der Waals surface area contributed by atoms with Gasteiger partial charge in [0, 0.05) is 0 Å². The summed E-state index contributed by atoms with van der Waals surface area (Å²) in [4.78, 5) is 10.6. The number of carbonyl (C=O) groups is 1. The first-order chi connectivity index (χ1) is 6.82. The number of nitrogens with two attached hydrogens (primary N) is 2. The normalized spacial score (nSPS) is 11.2. The Hall–Kier alpha value is -1.76. The minimum Gasteiger partial charge on any atom is -0.350 e. The van der Waals surface area contributed by atoms with Crippen LogP contribution in [0.1, 0.15) is 5.56 Å². The fourth-order valence-electron chi connectivity index (χ4n) is 0.959. The van der Waals surface area contributed by atoms with Crippen molar-refractivity contribution in [2.75, 3.05) is 5.01 Å². The molecular weight excluding hydrogens is 211 g/mol. The molecule has 0 aliphatic heterocycles. The van der Waals surface area contributed by atoms with E-state index in [4.69, 9.17) is 11.6 Å². The molecule has 0 heterocycles. The molecule has 0 saturated heterocycles. The smallest absolute Gasteiger partial charge is 0.350 e. The average molecular weight is 219 g/mol. The number of amides is 2. The fraction of sp³-hybridized carbons (Fsp3) is 0.125. The molecule has 0 spiro atoms. The molecule has 0 radical (unpaired) electrons. The van der Waals surface area contributed by atoms with Crippen molar-refractivity contribution in [2.24, 2.45) is 11.6 Å². The number of carbonyl (C=O) groups excluding carboxylic acids is 1. The standard InChI is InChI=1S/C8H8F3N3O/c9-8(10,11)5-2-1-3-6(4-5)14(13)7(12)15/h1-4H,13H2,(H2,12,15). The van der Waals surface area contributed by atoms with Gasteiger partial charge in [0.05, 0.1) is 11.3 Å². The van der Waals surface area contributed by atoms with Crippen molar-refractivity contribution in [1.29, 1.82) is 0 Å². The van der Waals surface area contributed by atoms with Gasteiger partial charge in [-0.1, -0.05) is 6.07 Å². The maximum Gasteiger partial charge on any atom is 0.416 e. The predicted octanol–water partition coefficient (Wildman–Crippen LogP) is 1.46. The van der Waals surface area contributed by atoms with Crippen LogP contribution in [0.5, 0.6) is 0 Å². The maximum atomic E-state index is 12.3. The molecule has 0 aromatic heterocycles. The number of rotatable bonds is 1. The number of primary amides is 1. The third kappa shape index (κ3) is 2.59. The van der Waals surface area contributed by atoms with Crippen LogP contribution in [0.25, 0.3) is 0 Å². The van der Waals surface area contributed by atoms with Gasteiger partial charge in [-0.2, -0.15) is 13.2 Å². The molecule has 2 amide bonds. The van der Waals surface area contributed by atoms with Crippen molar-refractivity contribution in [3.63, 3.8) is 0 Å². The van der Waals surface area contributed by atoms with Gasteiger partial charge in [0.15, 0.2) is 0 Å². The maximum absolute atomic E-state index is 12.3. The van der Waals surface area contributed by atoms with Crippen LogP contribution in [-0.4, -0.2) is 6.03 Å². The van der Waals surface area contributed by atoms with Gasteiger partial charge < -0.3 is 5.73 Å². The summed E-state index contributed by atoms with van der Waals surface area (Å²) in [7, 11) is 0. The molecule has 0 atom stereocenters. The van der Waals surface area contributed by atoms with Gasteiger partial charge in [-0.15, -0.1) is 0 Å². The highest BCUT2D eigenvalue weighted by molar-refractivity contribution is 5.89. The first-order valence-corrected chi connectivity index (χ1v) is 3.84. The molecule has 7 heteroatoms. The Morgan fingerprint density at radius 3 is 2.40 bits per heavy atom. The number of nitrogens with zero attached hydrogens (tertiary/aromatic N) is 1. The van der Waals surface area contributed by atoms with Gasteiger partial charge in [-0.05, 0) is 18.2 Å². The Bertz CT molecular complexity index is 378. The molecule has 0 bridgehead atoms. The zero-order valence-corrected chi connectivity index (χ0v) is 7.45. The number of hydrazine groups is 1. The Kier molecular flexibility index (Phi) is 2.85. The molecule has 0 unspecified atom stereocenters. The van der Waals surface area contributed by atoms with Crippen LogP contribution in [0.15, 0.2) is 24.3 Å². The fourth-order valence-corrected chi connectivity index (χ4v) is 0.959. The van der Waals surface area contributed by atoms with Crippen LogP contribution in [0.3, 0.4) is 0 Å². The summed E-state index contributed by atoms with van der Waals surface area (Å²) < 4.78 is 36.8. The van der Waals surface area contributed by atoms with E-state index in [1.54, 1.807) is 0 Å². The molecule has 1 rings (SSSR count). The van der Waals surface area contributed by atoms with E-state index in [0.717, 1.165) is 18.2 Å². The first kappa shape index (κ1) is 11.3. The molecule has 0 fully saturated rings. The van der Waals surface area contributed by atoms with Crippen molar-refractivity contribution in [2.45, 2.75) is 6.18 Å². The van der Waals surface area contributed by atoms with Crippen LogP contribution < -0.4 is 16.6 Å². The summed E-state index contributed by atoms with van der Waals surface area (Å²) in [6.45, 7) is 0. The van der Waals surface area contributed by atoms with Crippen molar-refractivity contribution < 1.29 is 18.0 Å². The van der Waals surface area contributed by atoms with Crippen molar-refractivity contribution in [3.05, 3.63) is 29.8 Å². The van der Waals surface area contributed by atoms with Crippen LogP contribution in [0.4, 0.5) is 23.7 Å². The van der Waals surface area contributed by atoms with Gasteiger partial charge in [-0.3, -0.25) is 0 Å². The number of urea groups is 1. The summed E-state index contributed by atoms with van der Waals surface area (Å²) in [6, 6.07) is 2.97. The van der Waals surface area contributed by atoms with E-state index >= 15 is 0 Å². The molecule has 1 aromatic carbocycles. The second kappa shape index (κ2) is 3.77. The lowest BCUT2D eigenvalue weighted by atomic mass is 10.2. The summed E-state index contributed by atoms with van der Waals surface area (Å²) >= 11 is 0. The average Bonchev–Trinajstić information content (AvgIpc) is 2.15. The number of anilines is 1. The van der Waals surface area contributed by atoms with Gasteiger partial charge in [0.25, 0.3) is 0 Å². The quantitative estimate of drug-likeness (QED) is 0.426. The molecule has 0 aliphatic carbocycles. The van der Waals surface area contributed by atoms with E-state index in [2.05, 4.69) is 0 Å². The van der Waals surface area contributed by atoms with Gasteiger partial charge in [0.2, 0.25) is 0 Å². The van der Waals surface area contributed by atoms with Crippen molar-refractivity contribution in [3.8, 4) is 0 Å². The lowest BCUT2D eigenvalue weighted by Crippen LogP contribution is -2.41.